The van der Waals surface area contributed by atoms with E-state index in [1.54, 1.807) is 36.8 Å². The highest BCUT2D eigenvalue weighted by Gasteiger charge is 2.15. The molecule has 0 bridgehead atoms. The first-order valence-corrected chi connectivity index (χ1v) is 7.62. The number of nitrogen functional groups attached to an aromatic ring is 1. The predicted octanol–water partition coefficient (Wildman–Crippen LogP) is 2.85. The van der Waals surface area contributed by atoms with Crippen molar-refractivity contribution in [1.82, 2.24) is 20.2 Å². The van der Waals surface area contributed by atoms with Gasteiger partial charge < -0.3 is 11.1 Å². The molecule has 0 aliphatic carbocycles. The van der Waals surface area contributed by atoms with Crippen molar-refractivity contribution < 1.29 is 4.79 Å². The molecule has 0 unspecified atom stereocenters. The van der Waals surface area contributed by atoms with Gasteiger partial charge in [0.15, 0.2) is 5.69 Å². The summed E-state index contributed by atoms with van der Waals surface area (Å²) in [6.07, 6.45) is 4.93. The lowest BCUT2D eigenvalue weighted by atomic mass is 10.0. The van der Waals surface area contributed by atoms with E-state index in [9.17, 15) is 4.79 Å². The number of pyridine rings is 2. The van der Waals surface area contributed by atoms with E-state index in [0.717, 1.165) is 16.6 Å². The molecule has 0 aliphatic rings. The molecule has 1 amide bonds. The van der Waals surface area contributed by atoms with E-state index in [2.05, 4.69) is 25.5 Å². The van der Waals surface area contributed by atoms with Gasteiger partial charge >= 0.3 is 0 Å². The number of fused-ring (bicyclic) bond motifs is 1. The van der Waals surface area contributed by atoms with Crippen LogP contribution in [0.4, 0.5) is 11.5 Å². The van der Waals surface area contributed by atoms with Crippen LogP contribution in [0.1, 0.15) is 10.5 Å². The number of benzene rings is 1. The summed E-state index contributed by atoms with van der Waals surface area (Å²) in [7, 11) is 0. The van der Waals surface area contributed by atoms with Gasteiger partial charge in [-0.2, -0.15) is 5.10 Å². The van der Waals surface area contributed by atoms with Gasteiger partial charge in [0, 0.05) is 29.5 Å². The number of hydrogen-bond acceptors (Lipinski definition) is 5. The Hall–Kier alpha value is -3.74. The zero-order valence-corrected chi connectivity index (χ0v) is 13.1. The highest BCUT2D eigenvalue weighted by atomic mass is 16.2. The van der Waals surface area contributed by atoms with Crippen molar-refractivity contribution >= 4 is 28.3 Å². The van der Waals surface area contributed by atoms with Crippen molar-refractivity contribution in [2.24, 2.45) is 0 Å². The maximum Gasteiger partial charge on any atom is 0.277 e. The summed E-state index contributed by atoms with van der Waals surface area (Å²) < 4.78 is 0. The number of nitrogens with one attached hydrogen (secondary N) is 2. The zero-order chi connectivity index (χ0) is 17.2. The summed E-state index contributed by atoms with van der Waals surface area (Å²) in [4.78, 5) is 20.7. The Labute approximate surface area is 142 Å². The molecule has 7 nitrogen and oxygen atoms in total. The Balaban J connectivity index is 1.73. The summed E-state index contributed by atoms with van der Waals surface area (Å²) in [6.45, 7) is 0. The lowest BCUT2D eigenvalue weighted by molar-refractivity contribution is 0.102. The van der Waals surface area contributed by atoms with Crippen LogP contribution in [0.5, 0.6) is 0 Å². The van der Waals surface area contributed by atoms with Gasteiger partial charge in [0.2, 0.25) is 0 Å². The number of carbonyl (C=O) groups is 1. The van der Waals surface area contributed by atoms with Gasteiger partial charge in [-0.15, -0.1) is 0 Å². The number of nitrogens with two attached hydrogens (primary N) is 1. The molecule has 122 valence electrons. The molecule has 4 N–H and O–H groups in total. The maximum atomic E-state index is 12.5. The molecular weight excluding hydrogens is 316 g/mol. The van der Waals surface area contributed by atoms with Gasteiger partial charge in [-0.25, -0.2) is 4.98 Å². The number of H-pyrrole nitrogens is 1. The molecule has 0 spiro atoms. The monoisotopic (exact) mass is 330 g/mol. The largest absolute Gasteiger partial charge is 0.397 e. The third-order valence-corrected chi connectivity index (χ3v) is 3.78. The average molecular weight is 330 g/mol. The number of hydrogen-bond donors (Lipinski definition) is 3. The Kier molecular flexibility index (Phi) is 3.59. The Morgan fingerprint density at radius 3 is 2.80 bits per heavy atom. The molecular formula is C18H14N6O. The first-order chi connectivity index (χ1) is 12.2. The van der Waals surface area contributed by atoms with Gasteiger partial charge in [-0.05, 0) is 35.9 Å². The fourth-order valence-corrected chi connectivity index (χ4v) is 2.59. The number of amides is 1. The van der Waals surface area contributed by atoms with Gasteiger partial charge in [-0.3, -0.25) is 14.9 Å². The van der Waals surface area contributed by atoms with E-state index in [1.807, 2.05) is 24.3 Å². The summed E-state index contributed by atoms with van der Waals surface area (Å²) >= 11 is 0. The fourth-order valence-electron chi connectivity index (χ4n) is 2.59. The average Bonchev–Trinajstić information content (AvgIpc) is 3.06. The van der Waals surface area contributed by atoms with Crippen LogP contribution in [-0.2, 0) is 0 Å². The Morgan fingerprint density at radius 1 is 1.08 bits per heavy atom. The molecule has 25 heavy (non-hydrogen) atoms. The second-order valence-electron chi connectivity index (χ2n) is 5.51. The second-order valence-corrected chi connectivity index (χ2v) is 5.51. The molecule has 0 atom stereocenters. The van der Waals surface area contributed by atoms with Crippen LogP contribution in [0, 0.1) is 0 Å². The molecule has 0 aliphatic heterocycles. The molecule has 3 heterocycles. The SMILES string of the molecule is Nc1cncc(-c2ccc3[nH]nc(C(=O)Nc4ccccn4)c3c2)c1. The fraction of sp³-hybridized carbons (Fsp3) is 0. The first kappa shape index (κ1) is 14.8. The molecule has 4 aromatic rings. The van der Waals surface area contributed by atoms with Crippen molar-refractivity contribution in [1.29, 1.82) is 0 Å². The van der Waals surface area contributed by atoms with Gasteiger partial charge in [-0.1, -0.05) is 12.1 Å². The first-order valence-electron chi connectivity index (χ1n) is 7.62. The lowest BCUT2D eigenvalue weighted by Crippen LogP contribution is -2.13. The molecule has 0 saturated carbocycles. The molecule has 7 heteroatoms. The topological polar surface area (TPSA) is 110 Å². The number of rotatable bonds is 3. The van der Waals surface area contributed by atoms with E-state index in [4.69, 9.17) is 5.73 Å². The minimum Gasteiger partial charge on any atom is -0.397 e. The van der Waals surface area contributed by atoms with Gasteiger partial charge in [0.05, 0.1) is 11.2 Å². The van der Waals surface area contributed by atoms with E-state index in [-0.39, 0.29) is 5.91 Å². The van der Waals surface area contributed by atoms with Crippen LogP contribution in [-0.4, -0.2) is 26.1 Å². The summed E-state index contributed by atoms with van der Waals surface area (Å²) in [5.74, 6) is 0.146. The zero-order valence-electron chi connectivity index (χ0n) is 13.1. The van der Waals surface area contributed by atoms with Crippen LogP contribution in [0.2, 0.25) is 0 Å². The number of aromatic nitrogens is 4. The van der Waals surface area contributed by atoms with Gasteiger partial charge in [0.1, 0.15) is 5.82 Å². The minimum absolute atomic E-state index is 0.305. The van der Waals surface area contributed by atoms with E-state index >= 15 is 0 Å². The van der Waals surface area contributed by atoms with Crippen molar-refractivity contribution in [2.45, 2.75) is 0 Å². The summed E-state index contributed by atoms with van der Waals surface area (Å²) in [5.41, 5.74) is 9.23. The van der Waals surface area contributed by atoms with Crippen LogP contribution >= 0.6 is 0 Å². The van der Waals surface area contributed by atoms with Crippen molar-refractivity contribution in [3.63, 3.8) is 0 Å². The smallest absolute Gasteiger partial charge is 0.277 e. The van der Waals surface area contributed by atoms with Crippen molar-refractivity contribution in [3.05, 3.63) is 66.7 Å². The quantitative estimate of drug-likeness (QED) is 0.535. The summed E-state index contributed by atoms with van der Waals surface area (Å²) in [5, 5.41) is 10.5. The van der Waals surface area contributed by atoms with Crippen LogP contribution in [0.3, 0.4) is 0 Å². The third kappa shape index (κ3) is 2.90. The number of anilines is 2. The lowest BCUT2D eigenvalue weighted by Gasteiger charge is -2.04. The highest BCUT2D eigenvalue weighted by Crippen LogP contribution is 2.26. The Bertz CT molecular complexity index is 1060. The standard InChI is InChI=1S/C18H14N6O/c19-13-7-12(9-20-10-13)11-4-5-15-14(8-11)17(24-23-15)18(25)22-16-3-1-2-6-21-16/h1-10H,19H2,(H,23,24)(H,21,22,25). The number of nitrogens with zero attached hydrogens (tertiary/aromatic N) is 3. The van der Waals surface area contributed by atoms with E-state index in [1.165, 1.54) is 0 Å². The summed E-state index contributed by atoms with van der Waals surface area (Å²) in [6, 6.07) is 12.8. The van der Waals surface area contributed by atoms with E-state index in [0.29, 0.717) is 22.6 Å². The van der Waals surface area contributed by atoms with Crippen LogP contribution in [0.15, 0.2) is 61.1 Å². The molecule has 3 aromatic heterocycles. The molecule has 0 radical (unpaired) electrons. The molecule has 1 aromatic carbocycles. The van der Waals surface area contributed by atoms with Crippen LogP contribution in [0.25, 0.3) is 22.0 Å². The molecule has 0 saturated heterocycles. The van der Waals surface area contributed by atoms with E-state index < -0.39 is 0 Å². The minimum atomic E-state index is -0.326. The Morgan fingerprint density at radius 2 is 2.00 bits per heavy atom. The van der Waals surface area contributed by atoms with Crippen molar-refractivity contribution in [2.75, 3.05) is 11.1 Å². The highest BCUT2D eigenvalue weighted by molar-refractivity contribution is 6.11. The normalized spacial score (nSPS) is 10.7. The maximum absolute atomic E-state index is 12.5. The molecule has 4 rings (SSSR count). The van der Waals surface area contributed by atoms with Crippen LogP contribution < -0.4 is 11.1 Å². The van der Waals surface area contributed by atoms with Crippen molar-refractivity contribution in [3.8, 4) is 11.1 Å². The predicted molar refractivity (Wildman–Crippen MR) is 95.9 cm³/mol. The second kappa shape index (κ2) is 6.04. The third-order valence-electron chi connectivity index (χ3n) is 3.78. The molecule has 0 fully saturated rings. The number of carbonyl (C=O) groups excluding carboxylic acids is 1. The number of aromatic amines is 1. The van der Waals surface area contributed by atoms with Gasteiger partial charge in [0.25, 0.3) is 5.91 Å².